The number of cyclic esters (lactones) is 1. The molecule has 6 heteroatoms. The summed E-state index contributed by atoms with van der Waals surface area (Å²) in [4.78, 5) is 14.7. The Bertz CT molecular complexity index is 496. The summed E-state index contributed by atoms with van der Waals surface area (Å²) in [7, 11) is 1.82. The minimum absolute atomic E-state index is 0.147. The van der Waals surface area contributed by atoms with E-state index in [4.69, 9.17) is 10.5 Å². The predicted octanol–water partition coefficient (Wildman–Crippen LogP) is 1.27. The number of carbonyl (C=O) groups excluding carboxylic acids is 1. The van der Waals surface area contributed by atoms with E-state index < -0.39 is 12.2 Å². The van der Waals surface area contributed by atoms with Crippen LogP contribution in [0.5, 0.6) is 0 Å². The fourth-order valence-corrected chi connectivity index (χ4v) is 1.86. The Morgan fingerprint density at radius 3 is 2.59 bits per heavy atom. The van der Waals surface area contributed by atoms with Crippen LogP contribution in [0.1, 0.15) is 38.1 Å². The second kappa shape index (κ2) is 3.58. The highest BCUT2D eigenvalue weighted by Gasteiger charge is 2.34. The van der Waals surface area contributed by atoms with E-state index in [9.17, 15) is 4.79 Å². The summed E-state index contributed by atoms with van der Waals surface area (Å²) in [5, 5.41) is 4.40. The van der Waals surface area contributed by atoms with Gasteiger partial charge in [0.2, 0.25) is 0 Å². The van der Waals surface area contributed by atoms with Crippen molar-refractivity contribution in [1.82, 2.24) is 9.78 Å². The lowest BCUT2D eigenvalue weighted by Crippen LogP contribution is -2.23. The average Bonchev–Trinajstić information content (AvgIpc) is 2.68. The Labute approximate surface area is 99.5 Å². The molecule has 0 spiro atoms. The zero-order valence-electron chi connectivity index (χ0n) is 10.4. The van der Waals surface area contributed by atoms with Gasteiger partial charge in [-0.25, -0.2) is 4.79 Å². The van der Waals surface area contributed by atoms with Crippen molar-refractivity contribution in [3.05, 3.63) is 17.5 Å². The zero-order chi connectivity index (χ0) is 12.8. The first-order valence-corrected chi connectivity index (χ1v) is 5.37. The molecule has 17 heavy (non-hydrogen) atoms. The Balaban J connectivity index is 2.47. The molecule has 0 radical (unpaired) electrons. The van der Waals surface area contributed by atoms with Crippen molar-refractivity contribution in [1.29, 1.82) is 0 Å². The lowest BCUT2D eigenvalue weighted by atomic mass is 9.88. The number of ether oxygens (including phenoxy) is 1. The van der Waals surface area contributed by atoms with Gasteiger partial charge in [-0.15, -0.1) is 0 Å². The van der Waals surface area contributed by atoms with E-state index in [2.05, 4.69) is 10.1 Å². The summed E-state index contributed by atoms with van der Waals surface area (Å²) >= 11 is 0. The number of rotatable bonds is 1. The van der Waals surface area contributed by atoms with Crippen LogP contribution in [0.25, 0.3) is 0 Å². The summed E-state index contributed by atoms with van der Waals surface area (Å²) in [5.74, 6) is 0.188. The highest BCUT2D eigenvalue weighted by Crippen LogP contribution is 2.32. The molecule has 2 heterocycles. The third-order valence-electron chi connectivity index (χ3n) is 2.56. The number of aliphatic imine (C=N–C) groups is 1. The molecule has 1 atom stereocenters. The van der Waals surface area contributed by atoms with Gasteiger partial charge in [-0.1, -0.05) is 20.8 Å². The fourth-order valence-electron chi connectivity index (χ4n) is 1.86. The molecule has 1 aliphatic rings. The summed E-state index contributed by atoms with van der Waals surface area (Å²) in [6.45, 7) is 6.13. The third-order valence-corrected chi connectivity index (χ3v) is 2.56. The van der Waals surface area contributed by atoms with Crippen LogP contribution in [0.3, 0.4) is 0 Å². The Kier molecular flexibility index (Phi) is 2.45. The number of carbonyl (C=O) groups is 1. The Morgan fingerprint density at radius 1 is 1.47 bits per heavy atom. The quantitative estimate of drug-likeness (QED) is 0.795. The summed E-state index contributed by atoms with van der Waals surface area (Å²) in [6.07, 6.45) is 0.563. The molecule has 2 rings (SSSR count). The maximum Gasteiger partial charge on any atom is 0.436 e. The van der Waals surface area contributed by atoms with Crippen molar-refractivity contribution in [2.75, 3.05) is 0 Å². The van der Waals surface area contributed by atoms with Crippen molar-refractivity contribution in [2.24, 2.45) is 17.8 Å². The fraction of sp³-hybridized carbons (Fsp3) is 0.545. The number of aryl methyl sites for hydroxylation is 1. The molecule has 2 N–H and O–H groups in total. The molecule has 6 nitrogen and oxygen atoms in total. The number of nitrogens with zero attached hydrogens (tertiary/aromatic N) is 3. The van der Waals surface area contributed by atoms with Crippen LogP contribution in [0.2, 0.25) is 0 Å². The molecule has 0 aromatic carbocycles. The first-order valence-electron chi connectivity index (χ1n) is 5.37. The number of hydrogen-bond donors (Lipinski definition) is 1. The zero-order valence-corrected chi connectivity index (χ0v) is 10.4. The van der Waals surface area contributed by atoms with Crippen LogP contribution in [0.15, 0.2) is 11.2 Å². The largest absolute Gasteiger partial charge is 0.436 e. The number of aromatic nitrogens is 2. The van der Waals surface area contributed by atoms with Gasteiger partial charge in [-0.05, 0) is 0 Å². The average molecular weight is 236 g/mol. The van der Waals surface area contributed by atoms with Gasteiger partial charge in [0.1, 0.15) is 0 Å². The molecule has 1 unspecified atom stereocenters. The summed E-state index contributed by atoms with van der Waals surface area (Å²) in [6, 6.07) is 0. The van der Waals surface area contributed by atoms with E-state index in [-0.39, 0.29) is 11.3 Å². The summed E-state index contributed by atoms with van der Waals surface area (Å²) < 4.78 is 6.78. The van der Waals surface area contributed by atoms with Crippen LogP contribution in [-0.4, -0.2) is 21.7 Å². The van der Waals surface area contributed by atoms with Crippen LogP contribution in [0.4, 0.5) is 4.79 Å². The third kappa shape index (κ3) is 2.02. The smallest absolute Gasteiger partial charge is 0.431 e. The summed E-state index contributed by atoms with van der Waals surface area (Å²) in [5.41, 5.74) is 7.20. The van der Waals surface area contributed by atoms with Crippen molar-refractivity contribution in [2.45, 2.75) is 32.3 Å². The van der Waals surface area contributed by atoms with Crippen molar-refractivity contribution < 1.29 is 9.53 Å². The molecule has 1 aliphatic heterocycles. The minimum Gasteiger partial charge on any atom is -0.431 e. The van der Waals surface area contributed by atoms with Crippen LogP contribution in [0, 0.1) is 0 Å². The Hall–Kier alpha value is -1.85. The highest BCUT2D eigenvalue weighted by molar-refractivity contribution is 5.99. The van der Waals surface area contributed by atoms with Crippen molar-refractivity contribution in [3.63, 3.8) is 0 Å². The Morgan fingerprint density at radius 2 is 2.12 bits per heavy atom. The topological polar surface area (TPSA) is 82.5 Å². The maximum absolute atomic E-state index is 11.1. The van der Waals surface area contributed by atoms with E-state index in [1.807, 2.05) is 34.0 Å². The monoisotopic (exact) mass is 236 g/mol. The van der Waals surface area contributed by atoms with E-state index in [1.54, 1.807) is 4.68 Å². The van der Waals surface area contributed by atoms with Crippen LogP contribution >= 0.6 is 0 Å². The first-order chi connectivity index (χ1) is 7.79. The lowest BCUT2D eigenvalue weighted by Gasteiger charge is -2.19. The molecule has 1 amide bonds. The van der Waals surface area contributed by atoms with Gasteiger partial charge in [0, 0.05) is 24.2 Å². The molecule has 0 fully saturated rings. The van der Waals surface area contributed by atoms with Gasteiger partial charge >= 0.3 is 6.09 Å². The van der Waals surface area contributed by atoms with Crippen LogP contribution in [-0.2, 0) is 17.2 Å². The minimum atomic E-state index is -0.642. The molecule has 0 aliphatic carbocycles. The molecule has 0 bridgehead atoms. The molecule has 0 saturated carbocycles. The highest BCUT2D eigenvalue weighted by atomic mass is 16.6. The number of amidine groups is 1. The maximum atomic E-state index is 11.1. The standard InChI is InChI=1S/C11H16N4O2/c1-11(2,3)8-6(5-15(4)14-8)7-9(12)13-10(16)17-7/h5,7H,1-4H3,(H2,12,13,16). The van der Waals surface area contributed by atoms with Crippen LogP contribution < -0.4 is 5.73 Å². The van der Waals surface area contributed by atoms with Gasteiger partial charge in [0.25, 0.3) is 0 Å². The molecular formula is C11H16N4O2. The SMILES string of the molecule is Cn1cc(C2OC(=O)N=C2N)c(C(C)(C)C)n1. The number of hydrogen-bond acceptors (Lipinski definition) is 4. The lowest BCUT2D eigenvalue weighted by molar-refractivity contribution is 0.148. The molecule has 92 valence electrons. The number of amides is 1. The normalized spacial score (nSPS) is 20.4. The van der Waals surface area contributed by atoms with Crippen molar-refractivity contribution in [3.8, 4) is 0 Å². The predicted molar refractivity (Wildman–Crippen MR) is 62.8 cm³/mol. The van der Waals surface area contributed by atoms with E-state index in [0.29, 0.717) is 0 Å². The van der Waals surface area contributed by atoms with Crippen molar-refractivity contribution >= 4 is 11.9 Å². The van der Waals surface area contributed by atoms with Gasteiger partial charge in [-0.3, -0.25) is 4.68 Å². The number of nitrogens with two attached hydrogens (primary N) is 1. The second-order valence-corrected chi connectivity index (χ2v) is 5.16. The molecular weight excluding hydrogens is 220 g/mol. The van der Waals surface area contributed by atoms with Gasteiger partial charge < -0.3 is 10.5 Å². The van der Waals surface area contributed by atoms with Gasteiger partial charge in [0.05, 0.1) is 5.69 Å². The molecule has 1 aromatic rings. The van der Waals surface area contributed by atoms with Gasteiger partial charge in [-0.2, -0.15) is 10.1 Å². The van der Waals surface area contributed by atoms with E-state index >= 15 is 0 Å². The van der Waals surface area contributed by atoms with E-state index in [1.165, 1.54) is 0 Å². The molecule has 0 saturated heterocycles. The second-order valence-electron chi connectivity index (χ2n) is 5.16. The van der Waals surface area contributed by atoms with Gasteiger partial charge in [0.15, 0.2) is 11.9 Å². The first kappa shape index (κ1) is 11.6. The molecule has 1 aromatic heterocycles. The van der Waals surface area contributed by atoms with E-state index in [0.717, 1.165) is 11.3 Å².